The summed E-state index contributed by atoms with van der Waals surface area (Å²) in [6.45, 7) is 2.08. The van der Waals surface area contributed by atoms with Crippen molar-refractivity contribution in [2.75, 3.05) is 10.2 Å². The number of amides is 1. The highest BCUT2D eigenvalue weighted by atomic mass is 35.5. The number of ketones is 1. The summed E-state index contributed by atoms with van der Waals surface area (Å²) in [5.41, 5.74) is 4.23. The van der Waals surface area contributed by atoms with Crippen LogP contribution < -0.4 is 10.2 Å². The van der Waals surface area contributed by atoms with Crippen LogP contribution in [0.4, 0.5) is 11.4 Å². The van der Waals surface area contributed by atoms with Gasteiger partial charge in [-0.1, -0.05) is 49.2 Å². The van der Waals surface area contributed by atoms with E-state index in [-0.39, 0.29) is 11.7 Å². The summed E-state index contributed by atoms with van der Waals surface area (Å²) in [7, 11) is 0. The van der Waals surface area contributed by atoms with Gasteiger partial charge in [0.1, 0.15) is 0 Å². The molecule has 1 N–H and O–H groups in total. The van der Waals surface area contributed by atoms with Gasteiger partial charge < -0.3 is 5.32 Å². The molecule has 0 saturated carbocycles. The molecular formula is C24H25ClN2O2. The molecule has 2 aromatic carbocycles. The van der Waals surface area contributed by atoms with E-state index in [0.29, 0.717) is 23.4 Å². The summed E-state index contributed by atoms with van der Waals surface area (Å²) in [6.07, 6.45) is 4.35. The predicted octanol–water partition coefficient (Wildman–Crippen LogP) is 6.04. The second-order valence-electron chi connectivity index (χ2n) is 7.63. The number of halogens is 1. The number of Topliss-reactive ketones (excluding diaryl/α,β-unsaturated/α-hetero) is 1. The quantitative estimate of drug-likeness (QED) is 0.671. The molecule has 0 saturated heterocycles. The minimum Gasteiger partial charge on any atom is -0.357 e. The number of carbonyl (C=O) groups excluding carboxylic acids is 2. The lowest BCUT2D eigenvalue weighted by molar-refractivity contribution is -0.119. The number of unbranched alkanes of at least 4 members (excludes halogenated alkanes) is 1. The largest absolute Gasteiger partial charge is 0.357 e. The van der Waals surface area contributed by atoms with E-state index >= 15 is 0 Å². The third-order valence-corrected chi connectivity index (χ3v) is 5.89. The van der Waals surface area contributed by atoms with Crippen LogP contribution in [-0.4, -0.2) is 11.7 Å². The zero-order valence-electron chi connectivity index (χ0n) is 16.6. The first-order valence-electron chi connectivity index (χ1n) is 10.3. The first-order chi connectivity index (χ1) is 14.1. The highest BCUT2D eigenvalue weighted by Crippen LogP contribution is 2.45. The lowest BCUT2D eigenvalue weighted by atomic mass is 9.85. The van der Waals surface area contributed by atoms with Gasteiger partial charge in [0.05, 0.1) is 17.4 Å². The summed E-state index contributed by atoms with van der Waals surface area (Å²) in [6, 6.07) is 14.9. The number of allylic oxidation sites excluding steroid dienone is 1. The number of fused-ring (bicyclic) bond motifs is 1. The van der Waals surface area contributed by atoms with Crippen molar-refractivity contribution in [3.8, 4) is 0 Å². The Morgan fingerprint density at radius 1 is 1.14 bits per heavy atom. The smallest absolute Gasteiger partial charge is 0.227 e. The van der Waals surface area contributed by atoms with Crippen LogP contribution in [0.15, 0.2) is 59.8 Å². The molecule has 0 fully saturated rings. The Kier molecular flexibility index (Phi) is 5.72. The number of carbonyl (C=O) groups is 2. The summed E-state index contributed by atoms with van der Waals surface area (Å²) in [4.78, 5) is 28.4. The molecule has 4 nitrogen and oxygen atoms in total. The average molecular weight is 409 g/mol. The molecule has 1 aliphatic carbocycles. The molecule has 0 spiro atoms. The van der Waals surface area contributed by atoms with Crippen molar-refractivity contribution >= 4 is 34.7 Å². The third kappa shape index (κ3) is 3.82. The van der Waals surface area contributed by atoms with E-state index in [2.05, 4.69) is 12.2 Å². The third-order valence-electron chi connectivity index (χ3n) is 5.64. The first-order valence-corrected chi connectivity index (χ1v) is 10.7. The fourth-order valence-electron chi connectivity index (χ4n) is 4.22. The summed E-state index contributed by atoms with van der Waals surface area (Å²) in [5, 5.41) is 4.12. The van der Waals surface area contributed by atoms with E-state index < -0.39 is 6.04 Å². The highest BCUT2D eigenvalue weighted by Gasteiger charge is 2.39. The number of benzene rings is 2. The van der Waals surface area contributed by atoms with Crippen LogP contribution in [0.3, 0.4) is 0 Å². The van der Waals surface area contributed by atoms with E-state index in [0.717, 1.165) is 48.3 Å². The lowest BCUT2D eigenvalue weighted by Crippen LogP contribution is -2.37. The predicted molar refractivity (Wildman–Crippen MR) is 117 cm³/mol. The molecule has 5 heteroatoms. The Labute approximate surface area is 176 Å². The Morgan fingerprint density at radius 3 is 2.66 bits per heavy atom. The molecule has 4 rings (SSSR count). The molecule has 0 bridgehead atoms. The van der Waals surface area contributed by atoms with Crippen LogP contribution in [-0.2, 0) is 9.59 Å². The molecule has 1 amide bonds. The van der Waals surface area contributed by atoms with Crippen molar-refractivity contribution in [3.63, 3.8) is 0 Å². The maximum absolute atomic E-state index is 13.4. The summed E-state index contributed by atoms with van der Waals surface area (Å²) >= 11 is 6.13. The van der Waals surface area contributed by atoms with Gasteiger partial charge >= 0.3 is 0 Å². The molecular weight excluding hydrogens is 384 g/mol. The lowest BCUT2D eigenvalue weighted by Gasteiger charge is -2.34. The van der Waals surface area contributed by atoms with Crippen molar-refractivity contribution in [2.24, 2.45) is 0 Å². The van der Waals surface area contributed by atoms with E-state index in [9.17, 15) is 9.59 Å². The van der Waals surface area contributed by atoms with Gasteiger partial charge in [0.15, 0.2) is 5.78 Å². The van der Waals surface area contributed by atoms with E-state index in [4.69, 9.17) is 11.6 Å². The standard InChI is InChI=1S/C24H25ClN2O2/c1-2-3-11-22(29)27-20-9-5-4-7-18(20)26-19-8-6-10-21(28)23(19)24(27)16-12-14-17(25)15-13-16/h4-5,7,9,12-15,24,26H,2-3,6,8,10-11H2,1H3. The van der Waals surface area contributed by atoms with Crippen molar-refractivity contribution < 1.29 is 9.59 Å². The van der Waals surface area contributed by atoms with Crippen LogP contribution in [0.1, 0.15) is 57.1 Å². The Morgan fingerprint density at radius 2 is 1.90 bits per heavy atom. The van der Waals surface area contributed by atoms with Crippen LogP contribution in [0.5, 0.6) is 0 Å². The van der Waals surface area contributed by atoms with E-state index in [1.165, 1.54) is 0 Å². The average Bonchev–Trinajstić information content (AvgIpc) is 2.87. The maximum Gasteiger partial charge on any atom is 0.227 e. The van der Waals surface area contributed by atoms with Gasteiger partial charge in [0, 0.05) is 29.1 Å². The van der Waals surface area contributed by atoms with Crippen LogP contribution in [0.2, 0.25) is 5.02 Å². The SMILES string of the molecule is CCCCC(=O)N1c2ccccc2NC2=C(C(=O)CCC2)C1c1ccc(Cl)cc1. The number of hydrogen-bond donors (Lipinski definition) is 1. The normalized spacial score (nSPS) is 18.6. The van der Waals surface area contributed by atoms with Gasteiger partial charge in [-0.15, -0.1) is 0 Å². The minimum absolute atomic E-state index is 0.0353. The summed E-state index contributed by atoms with van der Waals surface area (Å²) < 4.78 is 0. The van der Waals surface area contributed by atoms with E-state index in [1.54, 1.807) is 0 Å². The number of rotatable bonds is 4. The monoisotopic (exact) mass is 408 g/mol. The molecule has 150 valence electrons. The summed E-state index contributed by atoms with van der Waals surface area (Å²) in [5.74, 6) is 0.146. The number of nitrogens with one attached hydrogen (secondary N) is 1. The fraction of sp³-hybridized carbons (Fsp3) is 0.333. The van der Waals surface area contributed by atoms with Gasteiger partial charge in [0.25, 0.3) is 0 Å². The zero-order chi connectivity index (χ0) is 20.4. The molecule has 1 unspecified atom stereocenters. The van der Waals surface area contributed by atoms with Crippen molar-refractivity contribution in [1.29, 1.82) is 0 Å². The second-order valence-corrected chi connectivity index (χ2v) is 8.07. The number of hydrogen-bond acceptors (Lipinski definition) is 3. The number of para-hydroxylation sites is 2. The van der Waals surface area contributed by atoms with Gasteiger partial charge in [0.2, 0.25) is 5.91 Å². The van der Waals surface area contributed by atoms with Gasteiger partial charge in [-0.05, 0) is 49.1 Å². The fourth-order valence-corrected chi connectivity index (χ4v) is 4.34. The van der Waals surface area contributed by atoms with Gasteiger partial charge in [-0.25, -0.2) is 0 Å². The Balaban J connectivity index is 1.94. The van der Waals surface area contributed by atoms with Gasteiger partial charge in [-0.3, -0.25) is 14.5 Å². The van der Waals surface area contributed by atoms with Crippen molar-refractivity contribution in [2.45, 2.75) is 51.5 Å². The molecule has 2 aliphatic rings. The van der Waals surface area contributed by atoms with E-state index in [1.807, 2.05) is 53.4 Å². The highest BCUT2D eigenvalue weighted by molar-refractivity contribution is 6.30. The van der Waals surface area contributed by atoms with Crippen LogP contribution in [0.25, 0.3) is 0 Å². The Hall–Kier alpha value is -2.59. The molecule has 1 atom stereocenters. The minimum atomic E-state index is -0.449. The number of anilines is 2. The van der Waals surface area contributed by atoms with Crippen molar-refractivity contribution in [3.05, 3.63) is 70.4 Å². The topological polar surface area (TPSA) is 49.4 Å². The molecule has 0 radical (unpaired) electrons. The molecule has 0 aromatic heterocycles. The zero-order valence-corrected chi connectivity index (χ0v) is 17.3. The van der Waals surface area contributed by atoms with Crippen LogP contribution in [0, 0.1) is 0 Å². The maximum atomic E-state index is 13.4. The molecule has 2 aromatic rings. The second kappa shape index (κ2) is 8.42. The van der Waals surface area contributed by atoms with Crippen molar-refractivity contribution in [1.82, 2.24) is 0 Å². The van der Waals surface area contributed by atoms with Crippen LogP contribution >= 0.6 is 11.6 Å². The molecule has 1 heterocycles. The molecule has 1 aliphatic heterocycles. The Bertz CT molecular complexity index is 965. The van der Waals surface area contributed by atoms with Gasteiger partial charge in [-0.2, -0.15) is 0 Å². The molecule has 29 heavy (non-hydrogen) atoms. The first kappa shape index (κ1) is 19.7. The number of nitrogens with zero attached hydrogens (tertiary/aromatic N) is 1.